The van der Waals surface area contributed by atoms with Gasteiger partial charge in [-0.3, -0.25) is 14.8 Å². The second kappa shape index (κ2) is 8.47. The highest BCUT2D eigenvalue weighted by molar-refractivity contribution is 5.93. The molecule has 1 N–H and O–H groups in total. The van der Waals surface area contributed by atoms with Gasteiger partial charge < -0.3 is 15.1 Å². The van der Waals surface area contributed by atoms with Crippen molar-refractivity contribution in [3.63, 3.8) is 0 Å². The van der Waals surface area contributed by atoms with Crippen molar-refractivity contribution < 1.29 is 4.79 Å². The summed E-state index contributed by atoms with van der Waals surface area (Å²) < 4.78 is 0. The quantitative estimate of drug-likeness (QED) is 0.739. The Morgan fingerprint density at radius 1 is 0.964 bits per heavy atom. The van der Waals surface area contributed by atoms with E-state index in [2.05, 4.69) is 25.2 Å². The first kappa shape index (κ1) is 17.9. The zero-order valence-electron chi connectivity index (χ0n) is 15.5. The van der Waals surface area contributed by atoms with Crippen molar-refractivity contribution in [1.29, 1.82) is 0 Å². The zero-order valence-corrected chi connectivity index (χ0v) is 15.5. The zero-order chi connectivity index (χ0) is 19.2. The van der Waals surface area contributed by atoms with Crippen LogP contribution in [-0.2, 0) is 6.54 Å². The molecule has 0 aromatic carbocycles. The van der Waals surface area contributed by atoms with Gasteiger partial charge in [0, 0.05) is 63.2 Å². The van der Waals surface area contributed by atoms with E-state index < -0.39 is 0 Å². The van der Waals surface area contributed by atoms with Crippen molar-refractivity contribution in [3.05, 3.63) is 78.5 Å². The van der Waals surface area contributed by atoms with E-state index in [4.69, 9.17) is 0 Å². The van der Waals surface area contributed by atoms with E-state index in [1.54, 1.807) is 18.6 Å². The van der Waals surface area contributed by atoms with Crippen LogP contribution in [0.15, 0.2) is 67.3 Å². The van der Waals surface area contributed by atoms with Crippen LogP contribution in [0.3, 0.4) is 0 Å². The minimum atomic E-state index is -0.0364. The molecule has 0 aliphatic carbocycles. The number of amides is 1. The lowest BCUT2D eigenvalue weighted by molar-refractivity contribution is 0.0740. The average molecular weight is 374 g/mol. The maximum absolute atomic E-state index is 12.9. The van der Waals surface area contributed by atoms with Gasteiger partial charge in [0.1, 0.15) is 11.5 Å². The lowest BCUT2D eigenvalue weighted by Gasteiger charge is -2.35. The first-order valence-corrected chi connectivity index (χ1v) is 9.34. The Bertz CT molecular complexity index is 910. The van der Waals surface area contributed by atoms with Crippen LogP contribution in [0.25, 0.3) is 0 Å². The van der Waals surface area contributed by atoms with Crippen LogP contribution in [-0.4, -0.2) is 51.9 Å². The summed E-state index contributed by atoms with van der Waals surface area (Å²) in [5.41, 5.74) is 2.41. The fourth-order valence-electron chi connectivity index (χ4n) is 3.21. The molecule has 1 saturated heterocycles. The third kappa shape index (κ3) is 4.25. The van der Waals surface area contributed by atoms with Gasteiger partial charge in [0.2, 0.25) is 0 Å². The molecule has 1 fully saturated rings. The Kier molecular flexibility index (Phi) is 5.42. The second-order valence-electron chi connectivity index (χ2n) is 6.61. The van der Waals surface area contributed by atoms with E-state index in [9.17, 15) is 4.79 Å². The molecule has 0 saturated carbocycles. The number of pyridine rings is 3. The smallest absolute Gasteiger partial charge is 0.272 e. The molecule has 7 nitrogen and oxygen atoms in total. The summed E-state index contributed by atoms with van der Waals surface area (Å²) in [4.78, 5) is 29.7. The van der Waals surface area contributed by atoms with E-state index in [0.29, 0.717) is 25.3 Å². The number of piperazine rings is 1. The van der Waals surface area contributed by atoms with Crippen LogP contribution in [0.2, 0.25) is 0 Å². The van der Waals surface area contributed by atoms with Crippen molar-refractivity contribution in [2.45, 2.75) is 6.54 Å². The molecule has 1 aliphatic heterocycles. The van der Waals surface area contributed by atoms with Crippen LogP contribution in [0, 0.1) is 0 Å². The molecule has 3 aromatic rings. The molecule has 4 heterocycles. The van der Waals surface area contributed by atoms with E-state index in [1.165, 1.54) is 0 Å². The number of hydrogen-bond donors (Lipinski definition) is 1. The molecule has 1 amide bonds. The number of carbonyl (C=O) groups excluding carboxylic acids is 1. The third-order valence-electron chi connectivity index (χ3n) is 4.74. The Labute approximate surface area is 164 Å². The number of nitrogens with zero attached hydrogens (tertiary/aromatic N) is 5. The third-order valence-corrected chi connectivity index (χ3v) is 4.74. The summed E-state index contributed by atoms with van der Waals surface area (Å²) in [5, 5.41) is 3.32. The van der Waals surface area contributed by atoms with Gasteiger partial charge in [-0.15, -0.1) is 0 Å². The molecule has 3 aromatic heterocycles. The van der Waals surface area contributed by atoms with Gasteiger partial charge >= 0.3 is 0 Å². The Balaban J connectivity index is 1.36. The highest BCUT2D eigenvalue weighted by atomic mass is 16.2. The fraction of sp³-hybridized carbons (Fsp3) is 0.238. The predicted molar refractivity (Wildman–Crippen MR) is 108 cm³/mol. The number of carbonyl (C=O) groups is 1. The molecule has 28 heavy (non-hydrogen) atoms. The lowest BCUT2D eigenvalue weighted by Crippen LogP contribution is -2.49. The Morgan fingerprint density at radius 3 is 2.61 bits per heavy atom. The van der Waals surface area contributed by atoms with Gasteiger partial charge in [0.15, 0.2) is 0 Å². The number of rotatable bonds is 5. The molecule has 1 aliphatic rings. The maximum atomic E-state index is 12.9. The van der Waals surface area contributed by atoms with Gasteiger partial charge in [0.05, 0.1) is 0 Å². The summed E-state index contributed by atoms with van der Waals surface area (Å²) in [6.07, 6.45) is 7.03. The molecule has 4 rings (SSSR count). The van der Waals surface area contributed by atoms with Crippen LogP contribution in [0.1, 0.15) is 16.1 Å². The highest BCUT2D eigenvalue weighted by Gasteiger charge is 2.23. The standard InChI is InChI=1S/C21H22N6O/c28-21(27-12-10-26(11-13-27)20-5-1-2-8-24-20)19-14-18(6-9-23-19)25-16-17-4-3-7-22-15-17/h1-9,14-15H,10-13,16H2,(H,23,25). The summed E-state index contributed by atoms with van der Waals surface area (Å²) in [6.45, 7) is 3.49. The molecule has 142 valence electrons. The van der Waals surface area contributed by atoms with Crippen LogP contribution < -0.4 is 10.2 Å². The van der Waals surface area contributed by atoms with E-state index in [-0.39, 0.29) is 5.91 Å². The number of nitrogens with one attached hydrogen (secondary N) is 1. The summed E-state index contributed by atoms with van der Waals surface area (Å²) >= 11 is 0. The minimum absolute atomic E-state index is 0.0364. The minimum Gasteiger partial charge on any atom is -0.381 e. The van der Waals surface area contributed by atoms with Gasteiger partial charge in [-0.2, -0.15) is 0 Å². The Hall–Kier alpha value is -3.48. The van der Waals surface area contributed by atoms with Crippen molar-refractivity contribution in [2.24, 2.45) is 0 Å². The average Bonchev–Trinajstić information content (AvgIpc) is 2.79. The molecule has 7 heteroatoms. The van der Waals surface area contributed by atoms with Gasteiger partial charge in [-0.1, -0.05) is 12.1 Å². The number of hydrogen-bond acceptors (Lipinski definition) is 6. The molecule has 0 radical (unpaired) electrons. The number of anilines is 2. The molecule has 0 spiro atoms. The first-order chi connectivity index (χ1) is 13.8. The van der Waals surface area contributed by atoms with Gasteiger partial charge in [0.25, 0.3) is 5.91 Å². The molecular weight excluding hydrogens is 352 g/mol. The monoisotopic (exact) mass is 374 g/mol. The normalized spacial score (nSPS) is 14.0. The van der Waals surface area contributed by atoms with Gasteiger partial charge in [-0.05, 0) is 35.9 Å². The number of aromatic nitrogens is 3. The fourth-order valence-corrected chi connectivity index (χ4v) is 3.21. The highest BCUT2D eigenvalue weighted by Crippen LogP contribution is 2.16. The molecule has 0 bridgehead atoms. The lowest BCUT2D eigenvalue weighted by atomic mass is 10.2. The second-order valence-corrected chi connectivity index (χ2v) is 6.61. The van der Waals surface area contributed by atoms with Gasteiger partial charge in [-0.25, -0.2) is 4.98 Å². The van der Waals surface area contributed by atoms with E-state index in [0.717, 1.165) is 30.2 Å². The summed E-state index contributed by atoms with van der Waals surface area (Å²) in [6, 6.07) is 13.5. The predicted octanol–water partition coefficient (Wildman–Crippen LogP) is 2.45. The molecule has 0 unspecified atom stereocenters. The first-order valence-electron chi connectivity index (χ1n) is 9.34. The summed E-state index contributed by atoms with van der Waals surface area (Å²) in [7, 11) is 0. The van der Waals surface area contributed by atoms with Crippen LogP contribution in [0.5, 0.6) is 0 Å². The van der Waals surface area contributed by atoms with Crippen molar-refractivity contribution in [3.8, 4) is 0 Å². The Morgan fingerprint density at radius 2 is 1.86 bits per heavy atom. The largest absolute Gasteiger partial charge is 0.381 e. The molecular formula is C21H22N6O. The maximum Gasteiger partial charge on any atom is 0.272 e. The van der Waals surface area contributed by atoms with Crippen LogP contribution >= 0.6 is 0 Å². The topological polar surface area (TPSA) is 74.2 Å². The van der Waals surface area contributed by atoms with Crippen molar-refractivity contribution in [1.82, 2.24) is 19.9 Å². The molecule has 0 atom stereocenters. The van der Waals surface area contributed by atoms with E-state index in [1.807, 2.05) is 53.6 Å². The summed E-state index contributed by atoms with van der Waals surface area (Å²) in [5.74, 6) is 0.917. The van der Waals surface area contributed by atoms with Crippen LogP contribution in [0.4, 0.5) is 11.5 Å². The SMILES string of the molecule is O=C(c1cc(NCc2cccnc2)ccn1)N1CCN(c2ccccn2)CC1. The van der Waals surface area contributed by atoms with E-state index >= 15 is 0 Å². The van der Waals surface area contributed by atoms with Crippen molar-refractivity contribution in [2.75, 3.05) is 36.4 Å². The van der Waals surface area contributed by atoms with Crippen molar-refractivity contribution >= 4 is 17.4 Å².